The number of ether oxygens (including phenoxy) is 1. The monoisotopic (exact) mass is 223 g/mol. The Labute approximate surface area is 95.6 Å². The van der Waals surface area contributed by atoms with E-state index in [1.807, 2.05) is 6.92 Å². The van der Waals surface area contributed by atoms with E-state index in [0.29, 0.717) is 6.54 Å². The van der Waals surface area contributed by atoms with Gasteiger partial charge in [-0.25, -0.2) is 4.39 Å². The van der Waals surface area contributed by atoms with E-state index in [2.05, 4.69) is 0 Å². The molecule has 16 heavy (non-hydrogen) atoms. The normalized spacial score (nSPS) is 18.0. The molecule has 0 unspecified atom stereocenters. The third kappa shape index (κ3) is 1.59. The number of rotatable bonds is 3. The van der Waals surface area contributed by atoms with Crippen molar-refractivity contribution in [2.45, 2.75) is 31.6 Å². The van der Waals surface area contributed by atoms with Gasteiger partial charge in [0.25, 0.3) is 0 Å². The molecule has 0 radical (unpaired) electrons. The second-order valence-corrected chi connectivity index (χ2v) is 4.64. The van der Waals surface area contributed by atoms with Crippen molar-refractivity contribution in [1.82, 2.24) is 0 Å². The lowest BCUT2D eigenvalue weighted by atomic mass is 9.64. The standard InChI is InChI=1S/C13H18FNO/c1-9-6-10(14)7-11(12(9)16-2)13(8-15)4-3-5-13/h6-7H,3-5,8,15H2,1-2H3. The maximum absolute atomic E-state index is 13.5. The van der Waals surface area contributed by atoms with Crippen LogP contribution in [0.15, 0.2) is 12.1 Å². The summed E-state index contributed by atoms with van der Waals surface area (Å²) in [7, 11) is 1.63. The van der Waals surface area contributed by atoms with Crippen LogP contribution in [0.2, 0.25) is 0 Å². The Balaban J connectivity index is 2.53. The van der Waals surface area contributed by atoms with Crippen molar-refractivity contribution in [3.05, 3.63) is 29.1 Å². The van der Waals surface area contributed by atoms with Crippen molar-refractivity contribution >= 4 is 0 Å². The molecule has 0 spiro atoms. The molecular formula is C13H18FNO. The Morgan fingerprint density at radius 1 is 1.44 bits per heavy atom. The van der Waals surface area contributed by atoms with Gasteiger partial charge in [-0.15, -0.1) is 0 Å². The van der Waals surface area contributed by atoms with Gasteiger partial charge < -0.3 is 10.5 Å². The van der Waals surface area contributed by atoms with Gasteiger partial charge in [0.1, 0.15) is 11.6 Å². The van der Waals surface area contributed by atoms with E-state index in [9.17, 15) is 4.39 Å². The molecule has 0 atom stereocenters. The molecule has 0 aromatic heterocycles. The average molecular weight is 223 g/mol. The molecule has 1 aliphatic carbocycles. The van der Waals surface area contributed by atoms with Gasteiger partial charge >= 0.3 is 0 Å². The summed E-state index contributed by atoms with van der Waals surface area (Å²) in [5.41, 5.74) is 7.58. The molecule has 2 rings (SSSR count). The predicted octanol–water partition coefficient (Wildman–Crippen LogP) is 2.52. The second kappa shape index (κ2) is 4.06. The fraction of sp³-hybridized carbons (Fsp3) is 0.538. The first kappa shape index (κ1) is 11.4. The lowest BCUT2D eigenvalue weighted by Crippen LogP contribution is -2.42. The Hall–Kier alpha value is -1.09. The van der Waals surface area contributed by atoms with E-state index < -0.39 is 0 Å². The summed E-state index contributed by atoms with van der Waals surface area (Å²) in [6, 6.07) is 3.09. The molecule has 0 saturated heterocycles. The highest BCUT2D eigenvalue weighted by Crippen LogP contribution is 2.47. The van der Waals surface area contributed by atoms with Crippen LogP contribution in [-0.2, 0) is 5.41 Å². The van der Waals surface area contributed by atoms with Crippen LogP contribution in [0, 0.1) is 12.7 Å². The molecule has 0 bridgehead atoms. The lowest BCUT2D eigenvalue weighted by molar-refractivity contribution is 0.242. The molecule has 1 aromatic carbocycles. The molecule has 2 nitrogen and oxygen atoms in total. The van der Waals surface area contributed by atoms with Crippen LogP contribution in [0.1, 0.15) is 30.4 Å². The van der Waals surface area contributed by atoms with Gasteiger partial charge in [-0.2, -0.15) is 0 Å². The summed E-state index contributed by atoms with van der Waals surface area (Å²) in [4.78, 5) is 0. The highest BCUT2D eigenvalue weighted by Gasteiger charge is 2.40. The van der Waals surface area contributed by atoms with Crippen molar-refractivity contribution in [3.63, 3.8) is 0 Å². The maximum atomic E-state index is 13.5. The van der Waals surface area contributed by atoms with E-state index in [-0.39, 0.29) is 11.2 Å². The molecule has 2 N–H and O–H groups in total. The van der Waals surface area contributed by atoms with E-state index in [4.69, 9.17) is 10.5 Å². The van der Waals surface area contributed by atoms with E-state index in [0.717, 1.165) is 36.1 Å². The number of halogens is 1. The van der Waals surface area contributed by atoms with Crippen LogP contribution in [0.25, 0.3) is 0 Å². The number of aryl methyl sites for hydroxylation is 1. The second-order valence-electron chi connectivity index (χ2n) is 4.64. The summed E-state index contributed by atoms with van der Waals surface area (Å²) in [5, 5.41) is 0. The van der Waals surface area contributed by atoms with E-state index >= 15 is 0 Å². The molecule has 88 valence electrons. The summed E-state index contributed by atoms with van der Waals surface area (Å²) < 4.78 is 18.9. The van der Waals surface area contributed by atoms with Gasteiger partial charge in [0, 0.05) is 17.5 Å². The summed E-state index contributed by atoms with van der Waals surface area (Å²) in [5.74, 6) is 0.597. The third-order valence-electron chi connectivity index (χ3n) is 3.72. The van der Waals surface area contributed by atoms with Crippen molar-refractivity contribution in [2.75, 3.05) is 13.7 Å². The minimum atomic E-state index is -0.201. The molecule has 1 saturated carbocycles. The van der Waals surface area contributed by atoms with Crippen molar-refractivity contribution in [3.8, 4) is 5.75 Å². The molecular weight excluding hydrogens is 205 g/mol. The third-order valence-corrected chi connectivity index (χ3v) is 3.72. The predicted molar refractivity (Wildman–Crippen MR) is 62.3 cm³/mol. The smallest absolute Gasteiger partial charge is 0.125 e. The minimum absolute atomic E-state index is 0.0573. The van der Waals surface area contributed by atoms with Crippen LogP contribution in [0.4, 0.5) is 4.39 Å². The molecule has 1 fully saturated rings. The number of hydrogen-bond donors (Lipinski definition) is 1. The fourth-order valence-electron chi connectivity index (χ4n) is 2.58. The first-order valence-electron chi connectivity index (χ1n) is 5.67. The highest BCUT2D eigenvalue weighted by atomic mass is 19.1. The number of methoxy groups -OCH3 is 1. The first-order valence-corrected chi connectivity index (χ1v) is 5.67. The molecule has 0 amide bonds. The van der Waals surface area contributed by atoms with Crippen LogP contribution < -0.4 is 10.5 Å². The molecule has 3 heteroatoms. The van der Waals surface area contributed by atoms with Gasteiger partial charge in [0.05, 0.1) is 7.11 Å². The van der Waals surface area contributed by atoms with Crippen molar-refractivity contribution < 1.29 is 9.13 Å². The van der Waals surface area contributed by atoms with Crippen LogP contribution in [0.5, 0.6) is 5.75 Å². The van der Waals surface area contributed by atoms with Gasteiger partial charge in [0.2, 0.25) is 0 Å². The molecule has 1 aromatic rings. The number of nitrogens with two attached hydrogens (primary N) is 1. The topological polar surface area (TPSA) is 35.2 Å². The van der Waals surface area contributed by atoms with Gasteiger partial charge in [-0.3, -0.25) is 0 Å². The zero-order chi connectivity index (χ0) is 11.8. The molecule has 0 aliphatic heterocycles. The van der Waals surface area contributed by atoms with Crippen LogP contribution in [0.3, 0.4) is 0 Å². The summed E-state index contributed by atoms with van der Waals surface area (Å²) in [6.07, 6.45) is 3.22. The Morgan fingerprint density at radius 3 is 2.56 bits per heavy atom. The Kier molecular flexibility index (Phi) is 2.89. The van der Waals surface area contributed by atoms with Crippen LogP contribution in [-0.4, -0.2) is 13.7 Å². The van der Waals surface area contributed by atoms with E-state index in [1.165, 1.54) is 6.07 Å². The lowest BCUT2D eigenvalue weighted by Gasteiger charge is -2.42. The minimum Gasteiger partial charge on any atom is -0.496 e. The zero-order valence-corrected chi connectivity index (χ0v) is 9.85. The first-order chi connectivity index (χ1) is 7.63. The zero-order valence-electron chi connectivity index (χ0n) is 9.85. The number of benzene rings is 1. The van der Waals surface area contributed by atoms with Crippen molar-refractivity contribution in [1.29, 1.82) is 0 Å². The highest BCUT2D eigenvalue weighted by molar-refractivity contribution is 5.47. The number of hydrogen-bond acceptors (Lipinski definition) is 2. The largest absolute Gasteiger partial charge is 0.496 e. The summed E-state index contributed by atoms with van der Waals surface area (Å²) in [6.45, 7) is 2.43. The van der Waals surface area contributed by atoms with Gasteiger partial charge in [0.15, 0.2) is 0 Å². The Morgan fingerprint density at radius 2 is 2.12 bits per heavy atom. The summed E-state index contributed by atoms with van der Waals surface area (Å²) >= 11 is 0. The van der Waals surface area contributed by atoms with E-state index in [1.54, 1.807) is 13.2 Å². The maximum Gasteiger partial charge on any atom is 0.125 e. The van der Waals surface area contributed by atoms with Gasteiger partial charge in [-0.05, 0) is 37.5 Å². The molecule has 1 aliphatic rings. The van der Waals surface area contributed by atoms with Crippen molar-refractivity contribution in [2.24, 2.45) is 5.73 Å². The Bertz CT molecular complexity index is 394. The average Bonchev–Trinajstić information content (AvgIpc) is 2.16. The SMILES string of the molecule is COc1c(C)cc(F)cc1C1(CN)CCC1. The fourth-order valence-corrected chi connectivity index (χ4v) is 2.58. The van der Waals surface area contributed by atoms with Crippen LogP contribution >= 0.6 is 0 Å². The van der Waals surface area contributed by atoms with Gasteiger partial charge in [-0.1, -0.05) is 6.42 Å². The molecule has 0 heterocycles. The quantitative estimate of drug-likeness (QED) is 0.854.